The van der Waals surface area contributed by atoms with E-state index < -0.39 is 0 Å². The highest BCUT2D eigenvalue weighted by Crippen LogP contribution is 2.19. The first-order valence-electron chi connectivity index (χ1n) is 14.0. The molecule has 0 spiro atoms. The van der Waals surface area contributed by atoms with Crippen LogP contribution in [-0.2, 0) is 0 Å². The number of benzene rings is 2. The number of unbranched alkanes of at least 4 members (excludes halogenated alkanes) is 7. The van der Waals surface area contributed by atoms with Crippen LogP contribution in [0.1, 0.15) is 102 Å². The van der Waals surface area contributed by atoms with Gasteiger partial charge in [0.15, 0.2) is 0 Å². The lowest BCUT2D eigenvalue weighted by molar-refractivity contribution is 0.0715. The molecule has 0 aliphatic carbocycles. The number of hydrogen-bond donors (Lipinski definition) is 0. The molecule has 4 nitrogen and oxygen atoms in total. The van der Waals surface area contributed by atoms with Gasteiger partial charge in [0.05, 0.1) is 12.3 Å². The van der Waals surface area contributed by atoms with Gasteiger partial charge in [-0.25, -0.2) is 0 Å². The van der Waals surface area contributed by atoms with Gasteiger partial charge in [-0.1, -0.05) is 91.7 Å². The maximum atomic E-state index is 13.0. The zero-order valence-electron chi connectivity index (χ0n) is 23.3. The second kappa shape index (κ2) is 16.9. The average molecular weight is 493 g/mol. The van der Waals surface area contributed by atoms with Crippen molar-refractivity contribution in [2.75, 3.05) is 19.7 Å². The molecule has 0 unspecified atom stereocenters. The van der Waals surface area contributed by atoms with Crippen LogP contribution >= 0.6 is 0 Å². The van der Waals surface area contributed by atoms with E-state index in [9.17, 15) is 4.79 Å². The van der Waals surface area contributed by atoms with Crippen molar-refractivity contribution in [3.8, 4) is 5.75 Å². The normalized spacial score (nSPS) is 11.5. The van der Waals surface area contributed by atoms with Crippen molar-refractivity contribution >= 4 is 17.8 Å². The van der Waals surface area contributed by atoms with Crippen molar-refractivity contribution in [3.05, 3.63) is 59.7 Å². The monoisotopic (exact) mass is 492 g/mol. The molecule has 0 aliphatic rings. The van der Waals surface area contributed by atoms with Crippen molar-refractivity contribution in [2.24, 2.45) is 16.8 Å². The number of rotatable bonds is 17. The summed E-state index contributed by atoms with van der Waals surface area (Å²) in [7, 11) is 0. The smallest absolute Gasteiger partial charge is 0.253 e. The van der Waals surface area contributed by atoms with E-state index in [1.165, 1.54) is 44.9 Å². The van der Waals surface area contributed by atoms with Crippen molar-refractivity contribution in [3.63, 3.8) is 0 Å². The van der Waals surface area contributed by atoms with Crippen LogP contribution in [0.4, 0.5) is 5.69 Å². The third kappa shape index (κ3) is 11.9. The van der Waals surface area contributed by atoms with Gasteiger partial charge in [-0.15, -0.1) is 0 Å². The van der Waals surface area contributed by atoms with E-state index in [2.05, 4.69) is 39.6 Å². The van der Waals surface area contributed by atoms with Crippen molar-refractivity contribution in [1.82, 2.24) is 4.90 Å². The summed E-state index contributed by atoms with van der Waals surface area (Å²) in [6.45, 7) is 13.2. The summed E-state index contributed by atoms with van der Waals surface area (Å²) in [6.07, 6.45) is 12.3. The highest BCUT2D eigenvalue weighted by molar-refractivity contribution is 5.95. The fraction of sp³-hybridized carbons (Fsp3) is 0.562. The van der Waals surface area contributed by atoms with E-state index in [1.807, 2.05) is 59.6 Å². The number of nitrogens with zero attached hydrogens (tertiary/aromatic N) is 2. The molecule has 2 aromatic carbocycles. The molecule has 2 aromatic rings. The van der Waals surface area contributed by atoms with Gasteiger partial charge in [0, 0.05) is 24.9 Å². The molecule has 0 saturated heterocycles. The molecule has 1 amide bonds. The van der Waals surface area contributed by atoms with E-state index >= 15 is 0 Å². The highest BCUT2D eigenvalue weighted by atomic mass is 16.5. The zero-order valence-corrected chi connectivity index (χ0v) is 23.3. The minimum absolute atomic E-state index is 0.100. The maximum absolute atomic E-state index is 13.0. The van der Waals surface area contributed by atoms with Gasteiger partial charge in [-0.3, -0.25) is 9.79 Å². The Labute approximate surface area is 220 Å². The third-order valence-corrected chi connectivity index (χ3v) is 6.08. The molecule has 36 heavy (non-hydrogen) atoms. The average Bonchev–Trinajstić information content (AvgIpc) is 2.86. The SMILES string of the molecule is CCCCCCCCCCOc1ccc(N=Cc2ccc(C(=O)N(CC(C)C)CC(C)C)cc2)cc1. The van der Waals surface area contributed by atoms with Crippen LogP contribution < -0.4 is 4.74 Å². The lowest BCUT2D eigenvalue weighted by atomic mass is 10.1. The van der Waals surface area contributed by atoms with Crippen LogP contribution in [0.3, 0.4) is 0 Å². The van der Waals surface area contributed by atoms with Crippen molar-refractivity contribution in [1.29, 1.82) is 0 Å². The Morgan fingerprint density at radius 3 is 1.92 bits per heavy atom. The van der Waals surface area contributed by atoms with Crippen LogP contribution in [0.5, 0.6) is 5.75 Å². The third-order valence-electron chi connectivity index (χ3n) is 6.08. The molecule has 0 atom stereocenters. The molecule has 0 fully saturated rings. The molecule has 198 valence electrons. The van der Waals surface area contributed by atoms with E-state index in [-0.39, 0.29) is 5.91 Å². The summed E-state index contributed by atoms with van der Waals surface area (Å²) in [4.78, 5) is 19.5. The van der Waals surface area contributed by atoms with Crippen LogP contribution in [0.25, 0.3) is 0 Å². The van der Waals surface area contributed by atoms with Gasteiger partial charge in [-0.2, -0.15) is 0 Å². The van der Waals surface area contributed by atoms with Crippen molar-refractivity contribution in [2.45, 2.75) is 86.0 Å². The fourth-order valence-corrected chi connectivity index (χ4v) is 4.22. The van der Waals surface area contributed by atoms with Gasteiger partial charge >= 0.3 is 0 Å². The first-order valence-corrected chi connectivity index (χ1v) is 14.0. The number of aliphatic imine (C=N–C) groups is 1. The minimum atomic E-state index is 0.100. The lowest BCUT2D eigenvalue weighted by Crippen LogP contribution is -2.37. The number of hydrogen-bond acceptors (Lipinski definition) is 3. The zero-order chi connectivity index (χ0) is 26.2. The Kier molecular flexibility index (Phi) is 13.9. The number of amides is 1. The molecular weight excluding hydrogens is 444 g/mol. The van der Waals surface area contributed by atoms with Crippen LogP contribution in [0.15, 0.2) is 53.5 Å². The predicted molar refractivity (Wildman–Crippen MR) is 154 cm³/mol. The molecule has 2 rings (SSSR count). The Morgan fingerprint density at radius 1 is 0.806 bits per heavy atom. The fourth-order valence-electron chi connectivity index (χ4n) is 4.22. The Morgan fingerprint density at radius 2 is 1.36 bits per heavy atom. The van der Waals surface area contributed by atoms with Crippen LogP contribution in [0.2, 0.25) is 0 Å². The summed E-state index contributed by atoms with van der Waals surface area (Å²) >= 11 is 0. The largest absolute Gasteiger partial charge is 0.494 e. The standard InChI is InChI=1S/C32H48N2O2/c1-6-7-8-9-10-11-12-13-22-36-31-20-18-30(19-21-31)33-23-28-14-16-29(17-15-28)32(35)34(24-26(2)3)25-27(4)5/h14-21,23,26-27H,6-13,22,24-25H2,1-5H3. The molecule has 0 aromatic heterocycles. The lowest BCUT2D eigenvalue weighted by Gasteiger charge is -2.26. The number of ether oxygens (including phenoxy) is 1. The van der Waals surface area contributed by atoms with Crippen molar-refractivity contribution < 1.29 is 9.53 Å². The summed E-state index contributed by atoms with van der Waals surface area (Å²) in [6, 6.07) is 15.6. The Bertz CT molecular complexity index is 875. The second-order valence-electron chi connectivity index (χ2n) is 10.7. The molecule has 4 heteroatoms. The van der Waals surface area contributed by atoms with Gasteiger partial charge in [-0.05, 0) is 60.2 Å². The molecule has 0 bridgehead atoms. The number of carbonyl (C=O) groups excluding carboxylic acids is 1. The quantitative estimate of drug-likeness (QED) is 0.164. The molecular formula is C32H48N2O2. The van der Waals surface area contributed by atoms with Crippen LogP contribution in [0, 0.1) is 11.8 Å². The van der Waals surface area contributed by atoms with Crippen LogP contribution in [-0.4, -0.2) is 36.7 Å². The van der Waals surface area contributed by atoms with E-state index in [1.54, 1.807) is 0 Å². The van der Waals surface area contributed by atoms with E-state index in [4.69, 9.17) is 4.74 Å². The summed E-state index contributed by atoms with van der Waals surface area (Å²) in [5, 5.41) is 0. The molecule has 0 aliphatic heterocycles. The first-order chi connectivity index (χ1) is 17.4. The summed E-state index contributed by atoms with van der Waals surface area (Å²) < 4.78 is 5.88. The first kappa shape index (κ1) is 29.6. The van der Waals surface area contributed by atoms with Gasteiger partial charge in [0.25, 0.3) is 5.91 Å². The minimum Gasteiger partial charge on any atom is -0.494 e. The molecule has 0 heterocycles. The van der Waals surface area contributed by atoms with Gasteiger partial charge < -0.3 is 9.64 Å². The van der Waals surface area contributed by atoms with E-state index in [0.717, 1.165) is 48.7 Å². The topological polar surface area (TPSA) is 41.9 Å². The molecule has 0 saturated carbocycles. The van der Waals surface area contributed by atoms with Gasteiger partial charge in [0.2, 0.25) is 0 Å². The van der Waals surface area contributed by atoms with E-state index in [0.29, 0.717) is 11.8 Å². The maximum Gasteiger partial charge on any atom is 0.253 e. The highest BCUT2D eigenvalue weighted by Gasteiger charge is 2.17. The number of carbonyl (C=O) groups is 1. The Hall–Kier alpha value is -2.62. The Balaban J connectivity index is 1.78. The second-order valence-corrected chi connectivity index (χ2v) is 10.7. The summed E-state index contributed by atoms with van der Waals surface area (Å²) in [5.41, 5.74) is 2.59. The molecule has 0 N–H and O–H groups in total. The van der Waals surface area contributed by atoms with Gasteiger partial charge in [0.1, 0.15) is 5.75 Å². The molecule has 0 radical (unpaired) electrons. The summed E-state index contributed by atoms with van der Waals surface area (Å²) in [5.74, 6) is 1.89. The predicted octanol–water partition coefficient (Wildman–Crippen LogP) is 8.71.